The third kappa shape index (κ3) is 2.81. The van der Waals surface area contributed by atoms with Crippen LogP contribution in [0.15, 0.2) is 6.07 Å². The lowest BCUT2D eigenvalue weighted by Crippen LogP contribution is -2.41. The van der Waals surface area contributed by atoms with Crippen LogP contribution >= 0.6 is 0 Å². The molecule has 100 valence electrons. The van der Waals surface area contributed by atoms with Crippen molar-refractivity contribution in [2.24, 2.45) is 5.73 Å². The third-order valence-corrected chi connectivity index (χ3v) is 2.71. The first kappa shape index (κ1) is 12.9. The minimum absolute atomic E-state index is 0.274. The maximum Gasteiger partial charge on any atom is 0.410 e. The Morgan fingerprint density at radius 1 is 1.50 bits per heavy atom. The SMILES string of the molecule is CC(C)(C)OC(=O)N1CCn2nc(CN)cc2C1. The number of hydrogen-bond acceptors (Lipinski definition) is 4. The number of hydrogen-bond donors (Lipinski definition) is 1. The molecule has 0 aliphatic carbocycles. The van der Waals surface area contributed by atoms with Crippen molar-refractivity contribution in [3.05, 3.63) is 17.5 Å². The normalized spacial score (nSPS) is 15.4. The van der Waals surface area contributed by atoms with Crippen molar-refractivity contribution in [3.8, 4) is 0 Å². The van der Waals surface area contributed by atoms with Gasteiger partial charge in [-0.15, -0.1) is 0 Å². The molecular formula is C12H20N4O2. The average Bonchev–Trinajstić information content (AvgIpc) is 2.68. The van der Waals surface area contributed by atoms with Crippen LogP contribution in [0.25, 0.3) is 0 Å². The van der Waals surface area contributed by atoms with E-state index < -0.39 is 5.60 Å². The van der Waals surface area contributed by atoms with E-state index in [1.54, 1.807) is 4.90 Å². The first-order chi connectivity index (χ1) is 8.39. The van der Waals surface area contributed by atoms with Crippen LogP contribution < -0.4 is 5.73 Å². The van der Waals surface area contributed by atoms with Crippen molar-refractivity contribution in [1.82, 2.24) is 14.7 Å². The zero-order chi connectivity index (χ0) is 13.3. The maximum absolute atomic E-state index is 11.9. The number of aromatic nitrogens is 2. The Balaban J connectivity index is 2.05. The first-order valence-corrected chi connectivity index (χ1v) is 6.12. The van der Waals surface area contributed by atoms with Crippen LogP contribution in [-0.2, 0) is 24.4 Å². The van der Waals surface area contributed by atoms with Gasteiger partial charge in [0.2, 0.25) is 0 Å². The van der Waals surface area contributed by atoms with Gasteiger partial charge in [0, 0.05) is 13.1 Å². The second-order valence-electron chi connectivity index (χ2n) is 5.46. The molecule has 1 aliphatic heterocycles. The Kier molecular flexibility index (Phi) is 3.30. The second-order valence-corrected chi connectivity index (χ2v) is 5.46. The Hall–Kier alpha value is -1.56. The van der Waals surface area contributed by atoms with Crippen LogP contribution in [0.3, 0.4) is 0 Å². The molecule has 6 nitrogen and oxygen atoms in total. The lowest BCUT2D eigenvalue weighted by Gasteiger charge is -2.30. The highest BCUT2D eigenvalue weighted by atomic mass is 16.6. The molecule has 0 bridgehead atoms. The Morgan fingerprint density at radius 3 is 2.83 bits per heavy atom. The second kappa shape index (κ2) is 4.61. The summed E-state index contributed by atoms with van der Waals surface area (Å²) in [5.74, 6) is 0. The van der Waals surface area contributed by atoms with E-state index >= 15 is 0 Å². The molecule has 1 aliphatic rings. The van der Waals surface area contributed by atoms with E-state index in [4.69, 9.17) is 10.5 Å². The monoisotopic (exact) mass is 252 g/mol. The van der Waals surface area contributed by atoms with Gasteiger partial charge in [-0.05, 0) is 26.8 Å². The quantitative estimate of drug-likeness (QED) is 0.812. The number of fused-ring (bicyclic) bond motifs is 1. The van der Waals surface area contributed by atoms with E-state index in [0.717, 1.165) is 11.4 Å². The van der Waals surface area contributed by atoms with Gasteiger partial charge in [0.05, 0.1) is 24.5 Å². The molecule has 0 saturated carbocycles. The van der Waals surface area contributed by atoms with E-state index in [9.17, 15) is 4.79 Å². The molecule has 0 fully saturated rings. The van der Waals surface area contributed by atoms with Crippen LogP contribution in [-0.4, -0.2) is 32.9 Å². The molecule has 1 aromatic rings. The average molecular weight is 252 g/mol. The van der Waals surface area contributed by atoms with E-state index in [-0.39, 0.29) is 6.09 Å². The fourth-order valence-corrected chi connectivity index (χ4v) is 1.91. The predicted octanol–water partition coefficient (Wildman–Crippen LogP) is 1.09. The van der Waals surface area contributed by atoms with Crippen LogP contribution in [0.4, 0.5) is 4.79 Å². The number of rotatable bonds is 1. The van der Waals surface area contributed by atoms with Crippen LogP contribution in [0, 0.1) is 0 Å². The number of amides is 1. The molecule has 0 unspecified atom stereocenters. The molecule has 2 N–H and O–H groups in total. The Bertz CT molecular complexity index is 447. The van der Waals surface area contributed by atoms with Gasteiger partial charge in [-0.25, -0.2) is 4.79 Å². The minimum atomic E-state index is -0.461. The topological polar surface area (TPSA) is 73.4 Å². The molecule has 0 aromatic carbocycles. The lowest BCUT2D eigenvalue weighted by molar-refractivity contribution is 0.0194. The molecule has 18 heavy (non-hydrogen) atoms. The Morgan fingerprint density at radius 2 is 2.22 bits per heavy atom. The summed E-state index contributed by atoms with van der Waals surface area (Å²) in [5.41, 5.74) is 6.96. The molecule has 6 heteroatoms. The molecule has 2 rings (SSSR count). The number of nitrogens with zero attached hydrogens (tertiary/aromatic N) is 3. The predicted molar refractivity (Wildman–Crippen MR) is 66.8 cm³/mol. The minimum Gasteiger partial charge on any atom is -0.444 e. The molecule has 0 spiro atoms. The molecule has 0 radical (unpaired) electrons. The van der Waals surface area contributed by atoms with Crippen molar-refractivity contribution in [2.45, 2.75) is 46.0 Å². The molecule has 1 aromatic heterocycles. The molecule has 1 amide bonds. The van der Waals surface area contributed by atoms with E-state index in [1.165, 1.54) is 0 Å². The lowest BCUT2D eigenvalue weighted by atomic mass is 10.2. The smallest absolute Gasteiger partial charge is 0.410 e. The van der Waals surface area contributed by atoms with Crippen LogP contribution in [0.2, 0.25) is 0 Å². The summed E-state index contributed by atoms with van der Waals surface area (Å²) >= 11 is 0. The zero-order valence-electron chi connectivity index (χ0n) is 11.1. The van der Waals surface area contributed by atoms with Crippen LogP contribution in [0.1, 0.15) is 32.2 Å². The van der Waals surface area contributed by atoms with Crippen molar-refractivity contribution >= 4 is 6.09 Å². The van der Waals surface area contributed by atoms with Gasteiger partial charge in [-0.2, -0.15) is 5.10 Å². The van der Waals surface area contributed by atoms with E-state index in [0.29, 0.717) is 26.2 Å². The van der Waals surface area contributed by atoms with Gasteiger partial charge in [0.1, 0.15) is 5.60 Å². The molecule has 2 heterocycles. The van der Waals surface area contributed by atoms with Crippen LogP contribution in [0.5, 0.6) is 0 Å². The van der Waals surface area contributed by atoms with Gasteiger partial charge in [-0.3, -0.25) is 4.68 Å². The summed E-state index contributed by atoms with van der Waals surface area (Å²) in [6.07, 6.45) is -0.274. The third-order valence-electron chi connectivity index (χ3n) is 2.71. The van der Waals surface area contributed by atoms with Gasteiger partial charge >= 0.3 is 6.09 Å². The van der Waals surface area contributed by atoms with Gasteiger partial charge < -0.3 is 15.4 Å². The number of carbonyl (C=O) groups is 1. The summed E-state index contributed by atoms with van der Waals surface area (Å²) < 4.78 is 7.26. The maximum atomic E-state index is 11.9. The van der Waals surface area contributed by atoms with Crippen molar-refractivity contribution in [3.63, 3.8) is 0 Å². The number of carbonyl (C=O) groups excluding carboxylic acids is 1. The number of nitrogens with two attached hydrogens (primary N) is 1. The van der Waals surface area contributed by atoms with Crippen molar-refractivity contribution in [2.75, 3.05) is 6.54 Å². The van der Waals surface area contributed by atoms with Gasteiger partial charge in [0.25, 0.3) is 0 Å². The fraction of sp³-hybridized carbons (Fsp3) is 0.667. The first-order valence-electron chi connectivity index (χ1n) is 6.12. The van der Waals surface area contributed by atoms with Gasteiger partial charge in [-0.1, -0.05) is 0 Å². The summed E-state index contributed by atoms with van der Waals surface area (Å²) in [6.45, 7) is 7.86. The van der Waals surface area contributed by atoms with Crippen molar-refractivity contribution in [1.29, 1.82) is 0 Å². The van der Waals surface area contributed by atoms with E-state index in [2.05, 4.69) is 5.10 Å². The number of ether oxygens (including phenoxy) is 1. The molecular weight excluding hydrogens is 232 g/mol. The summed E-state index contributed by atoms with van der Waals surface area (Å²) in [6, 6.07) is 1.94. The summed E-state index contributed by atoms with van der Waals surface area (Å²) in [7, 11) is 0. The van der Waals surface area contributed by atoms with Crippen molar-refractivity contribution < 1.29 is 9.53 Å². The summed E-state index contributed by atoms with van der Waals surface area (Å²) in [4.78, 5) is 13.6. The highest BCUT2D eigenvalue weighted by Gasteiger charge is 2.26. The van der Waals surface area contributed by atoms with Gasteiger partial charge in [0.15, 0.2) is 0 Å². The molecule has 0 atom stereocenters. The standard InChI is InChI=1S/C12H20N4O2/c1-12(2,3)18-11(17)15-4-5-16-10(8-15)6-9(7-13)14-16/h6H,4-5,7-8,13H2,1-3H3. The Labute approximate surface area is 107 Å². The largest absolute Gasteiger partial charge is 0.444 e. The van der Waals surface area contributed by atoms with E-state index in [1.807, 2.05) is 31.5 Å². The zero-order valence-corrected chi connectivity index (χ0v) is 11.1. The fourth-order valence-electron chi connectivity index (χ4n) is 1.91. The molecule has 0 saturated heterocycles. The summed E-state index contributed by atoms with van der Waals surface area (Å²) in [5, 5.41) is 4.35. The highest BCUT2D eigenvalue weighted by Crippen LogP contribution is 2.17. The highest BCUT2D eigenvalue weighted by molar-refractivity contribution is 5.68.